The molecule has 21 heavy (non-hydrogen) atoms. The molecule has 0 saturated carbocycles. The van der Waals surface area contributed by atoms with E-state index in [1.54, 1.807) is 7.11 Å². The zero-order valence-corrected chi connectivity index (χ0v) is 13.2. The normalized spacial score (nSPS) is 17.2. The van der Waals surface area contributed by atoms with Gasteiger partial charge in [-0.1, -0.05) is 24.6 Å². The molecule has 1 aromatic heterocycles. The van der Waals surface area contributed by atoms with Gasteiger partial charge in [0, 0.05) is 17.7 Å². The Morgan fingerprint density at radius 2 is 2.19 bits per heavy atom. The molecule has 1 aliphatic heterocycles. The van der Waals surface area contributed by atoms with Crippen molar-refractivity contribution in [3.8, 4) is 5.75 Å². The van der Waals surface area contributed by atoms with Crippen molar-refractivity contribution in [1.29, 1.82) is 0 Å². The SMILES string of the molecule is CCc1nn2c(c1C)NCCC2c1cc(C)ccc1OC. The summed E-state index contributed by atoms with van der Waals surface area (Å²) < 4.78 is 7.72. The molecule has 0 saturated heterocycles. The first-order valence-electron chi connectivity index (χ1n) is 7.62. The standard InChI is InChI=1S/C17H23N3O/c1-5-14-12(3)17-18-9-8-15(20(17)19-14)13-10-11(2)6-7-16(13)21-4/h6-7,10,15,18H,5,8-9H2,1-4H3. The number of benzene rings is 1. The molecule has 0 spiro atoms. The lowest BCUT2D eigenvalue weighted by Gasteiger charge is -2.27. The maximum absolute atomic E-state index is 5.57. The van der Waals surface area contributed by atoms with Crippen molar-refractivity contribution >= 4 is 5.82 Å². The molecular formula is C17H23N3O. The lowest BCUT2D eigenvalue weighted by molar-refractivity contribution is 0.391. The first-order valence-corrected chi connectivity index (χ1v) is 7.62. The summed E-state index contributed by atoms with van der Waals surface area (Å²) in [6.45, 7) is 7.40. The molecule has 2 heterocycles. The lowest BCUT2D eigenvalue weighted by Crippen LogP contribution is -2.25. The molecule has 1 aliphatic rings. The van der Waals surface area contributed by atoms with E-state index in [9.17, 15) is 0 Å². The van der Waals surface area contributed by atoms with E-state index >= 15 is 0 Å². The average molecular weight is 285 g/mol. The summed E-state index contributed by atoms with van der Waals surface area (Å²) in [5.74, 6) is 2.11. The van der Waals surface area contributed by atoms with Gasteiger partial charge < -0.3 is 10.1 Å². The molecule has 4 heteroatoms. The Morgan fingerprint density at radius 3 is 2.90 bits per heavy atom. The van der Waals surface area contributed by atoms with Crippen LogP contribution < -0.4 is 10.1 Å². The topological polar surface area (TPSA) is 39.1 Å². The van der Waals surface area contributed by atoms with Crippen LogP contribution >= 0.6 is 0 Å². The van der Waals surface area contributed by atoms with E-state index in [1.807, 2.05) is 0 Å². The summed E-state index contributed by atoms with van der Waals surface area (Å²) in [5.41, 5.74) is 4.93. The van der Waals surface area contributed by atoms with Crippen LogP contribution in [0.1, 0.15) is 41.8 Å². The van der Waals surface area contributed by atoms with Crippen molar-refractivity contribution in [2.45, 2.75) is 39.7 Å². The Balaban J connectivity index is 2.12. The van der Waals surface area contributed by atoms with E-state index in [4.69, 9.17) is 9.84 Å². The molecule has 0 bridgehead atoms. The summed E-state index contributed by atoms with van der Waals surface area (Å²) in [6.07, 6.45) is 1.99. The van der Waals surface area contributed by atoms with Gasteiger partial charge >= 0.3 is 0 Å². The molecule has 112 valence electrons. The summed E-state index contributed by atoms with van der Waals surface area (Å²) in [4.78, 5) is 0. The van der Waals surface area contributed by atoms with Gasteiger partial charge in [0.25, 0.3) is 0 Å². The number of nitrogens with zero attached hydrogens (tertiary/aromatic N) is 2. The van der Waals surface area contributed by atoms with Crippen LogP contribution in [-0.2, 0) is 6.42 Å². The van der Waals surface area contributed by atoms with Crippen molar-refractivity contribution in [3.05, 3.63) is 40.6 Å². The Labute approximate surface area is 126 Å². The highest BCUT2D eigenvalue weighted by atomic mass is 16.5. The van der Waals surface area contributed by atoms with E-state index in [1.165, 1.54) is 22.4 Å². The maximum atomic E-state index is 5.57. The van der Waals surface area contributed by atoms with Crippen LogP contribution in [0.5, 0.6) is 5.75 Å². The van der Waals surface area contributed by atoms with Gasteiger partial charge in [-0.05, 0) is 32.8 Å². The highest BCUT2D eigenvalue weighted by Gasteiger charge is 2.27. The number of rotatable bonds is 3. The number of aromatic nitrogens is 2. The second-order valence-electron chi connectivity index (χ2n) is 5.70. The molecular weight excluding hydrogens is 262 g/mol. The van der Waals surface area contributed by atoms with Crippen molar-refractivity contribution in [2.75, 3.05) is 19.0 Å². The molecule has 0 amide bonds. The Hall–Kier alpha value is -1.97. The maximum Gasteiger partial charge on any atom is 0.128 e. The van der Waals surface area contributed by atoms with Gasteiger partial charge in [0.1, 0.15) is 11.6 Å². The number of ether oxygens (including phenoxy) is 1. The van der Waals surface area contributed by atoms with Gasteiger partial charge in [0.2, 0.25) is 0 Å². The first-order chi connectivity index (χ1) is 10.2. The average Bonchev–Trinajstić information content (AvgIpc) is 2.84. The number of hydrogen-bond donors (Lipinski definition) is 1. The van der Waals surface area contributed by atoms with Crippen LogP contribution in [0.25, 0.3) is 0 Å². The van der Waals surface area contributed by atoms with E-state index < -0.39 is 0 Å². The minimum atomic E-state index is 0.245. The third-order valence-electron chi connectivity index (χ3n) is 4.33. The molecule has 4 nitrogen and oxygen atoms in total. The van der Waals surface area contributed by atoms with Crippen molar-refractivity contribution < 1.29 is 4.74 Å². The summed E-state index contributed by atoms with van der Waals surface area (Å²) in [6, 6.07) is 6.62. The van der Waals surface area contributed by atoms with Crippen LogP contribution in [-0.4, -0.2) is 23.4 Å². The van der Waals surface area contributed by atoms with Gasteiger partial charge in [0.05, 0.1) is 18.8 Å². The van der Waals surface area contributed by atoms with E-state index in [-0.39, 0.29) is 6.04 Å². The lowest BCUT2D eigenvalue weighted by atomic mass is 9.99. The highest BCUT2D eigenvalue weighted by molar-refractivity contribution is 5.51. The van der Waals surface area contributed by atoms with Crippen LogP contribution in [0.2, 0.25) is 0 Å². The van der Waals surface area contributed by atoms with Gasteiger partial charge in [-0.25, -0.2) is 4.68 Å². The predicted octanol–water partition coefficient (Wildman–Crippen LogP) is 3.48. The van der Waals surface area contributed by atoms with Gasteiger partial charge in [-0.15, -0.1) is 0 Å². The fourth-order valence-electron chi connectivity index (χ4n) is 3.19. The first kappa shape index (κ1) is 14.0. The third-order valence-corrected chi connectivity index (χ3v) is 4.33. The summed E-state index contributed by atoms with van der Waals surface area (Å²) in [7, 11) is 1.74. The molecule has 2 aromatic rings. The smallest absolute Gasteiger partial charge is 0.128 e. The number of anilines is 1. The number of fused-ring (bicyclic) bond motifs is 1. The molecule has 1 N–H and O–H groups in total. The molecule has 1 aromatic carbocycles. The summed E-state index contributed by atoms with van der Waals surface area (Å²) >= 11 is 0. The number of aryl methyl sites for hydroxylation is 2. The van der Waals surface area contributed by atoms with Crippen LogP contribution in [0.3, 0.4) is 0 Å². The Bertz CT molecular complexity index is 660. The minimum absolute atomic E-state index is 0.245. The molecule has 1 atom stereocenters. The van der Waals surface area contributed by atoms with Gasteiger partial charge in [-0.2, -0.15) is 5.10 Å². The van der Waals surface area contributed by atoms with Crippen LogP contribution in [0, 0.1) is 13.8 Å². The monoisotopic (exact) mass is 285 g/mol. The van der Waals surface area contributed by atoms with E-state index in [0.29, 0.717) is 0 Å². The molecule has 0 fully saturated rings. The number of methoxy groups -OCH3 is 1. The van der Waals surface area contributed by atoms with Crippen molar-refractivity contribution in [2.24, 2.45) is 0 Å². The fourth-order valence-corrected chi connectivity index (χ4v) is 3.19. The second kappa shape index (κ2) is 5.43. The third kappa shape index (κ3) is 2.28. The van der Waals surface area contributed by atoms with E-state index in [0.717, 1.165) is 31.0 Å². The fraction of sp³-hybridized carbons (Fsp3) is 0.471. The van der Waals surface area contributed by atoms with Gasteiger partial charge in [-0.3, -0.25) is 0 Å². The zero-order chi connectivity index (χ0) is 15.0. The number of hydrogen-bond acceptors (Lipinski definition) is 3. The molecule has 1 unspecified atom stereocenters. The van der Waals surface area contributed by atoms with Crippen molar-refractivity contribution in [3.63, 3.8) is 0 Å². The molecule has 0 aliphatic carbocycles. The van der Waals surface area contributed by atoms with E-state index in [2.05, 4.69) is 49.0 Å². The highest BCUT2D eigenvalue weighted by Crippen LogP contribution is 2.37. The zero-order valence-electron chi connectivity index (χ0n) is 13.2. The predicted molar refractivity (Wildman–Crippen MR) is 85.3 cm³/mol. The van der Waals surface area contributed by atoms with Crippen LogP contribution in [0.4, 0.5) is 5.82 Å². The second-order valence-corrected chi connectivity index (χ2v) is 5.70. The minimum Gasteiger partial charge on any atom is -0.496 e. The largest absolute Gasteiger partial charge is 0.496 e. The summed E-state index contributed by atoms with van der Waals surface area (Å²) in [5, 5.41) is 8.33. The van der Waals surface area contributed by atoms with Crippen LogP contribution in [0.15, 0.2) is 18.2 Å². The van der Waals surface area contributed by atoms with Crippen molar-refractivity contribution in [1.82, 2.24) is 9.78 Å². The molecule has 0 radical (unpaired) electrons. The van der Waals surface area contributed by atoms with Gasteiger partial charge in [0.15, 0.2) is 0 Å². The Kier molecular flexibility index (Phi) is 3.62. The quantitative estimate of drug-likeness (QED) is 0.938. The molecule has 3 rings (SSSR count). The number of nitrogens with one attached hydrogen (secondary N) is 1. The Morgan fingerprint density at radius 1 is 1.38 bits per heavy atom.